The van der Waals surface area contributed by atoms with Crippen LogP contribution in [-0.4, -0.2) is 38.1 Å². The van der Waals surface area contributed by atoms with Crippen LogP contribution in [0.15, 0.2) is 5.10 Å². The maximum atomic E-state index is 11.8. The van der Waals surface area contributed by atoms with E-state index in [0.717, 1.165) is 0 Å². The molecule has 0 bridgehead atoms. The Kier molecular flexibility index (Phi) is 5.67. The van der Waals surface area contributed by atoms with Crippen molar-refractivity contribution < 1.29 is 9.59 Å². The second-order valence-corrected chi connectivity index (χ2v) is 16.4. The molecule has 0 heterocycles. The normalized spacial score (nSPS) is 13.4. The fourth-order valence-electron chi connectivity index (χ4n) is 1.86. The molecule has 18 heavy (non-hydrogen) atoms. The zero-order valence-corrected chi connectivity index (χ0v) is 14.9. The number of hydrogen-bond acceptors (Lipinski definition) is 4. The van der Waals surface area contributed by atoms with Crippen LogP contribution in [0.25, 0.3) is 0 Å². The van der Waals surface area contributed by atoms with Crippen LogP contribution < -0.4 is 0 Å². The Hall–Kier alpha value is -0.756. The van der Waals surface area contributed by atoms with Gasteiger partial charge in [0.2, 0.25) is 11.6 Å². The Morgan fingerprint density at radius 3 is 1.67 bits per heavy atom. The first-order valence-corrected chi connectivity index (χ1v) is 13.2. The second-order valence-electron chi connectivity index (χ2n) is 6.44. The summed E-state index contributed by atoms with van der Waals surface area (Å²) < 4.78 is 2.15. The predicted octanol–water partition coefficient (Wildman–Crippen LogP) is 2.88. The Morgan fingerprint density at radius 1 is 1.00 bits per heavy atom. The average molecular weight is 287 g/mol. The van der Waals surface area contributed by atoms with E-state index in [1.165, 1.54) is 0 Å². The highest BCUT2D eigenvalue weighted by molar-refractivity contribution is 6.89. The molecule has 0 N–H and O–H groups in total. The van der Waals surface area contributed by atoms with Gasteiger partial charge in [-0.3, -0.25) is 9.59 Å². The van der Waals surface area contributed by atoms with Gasteiger partial charge in [-0.25, -0.2) is 0 Å². The van der Waals surface area contributed by atoms with E-state index in [-0.39, 0.29) is 12.2 Å². The van der Waals surface area contributed by atoms with Crippen LogP contribution in [0, 0.1) is 0 Å². The van der Waals surface area contributed by atoms with Crippen LogP contribution in [0.5, 0.6) is 0 Å². The van der Waals surface area contributed by atoms with Crippen LogP contribution >= 0.6 is 0 Å². The van der Waals surface area contributed by atoms with Crippen molar-refractivity contribution in [3.05, 3.63) is 0 Å². The van der Waals surface area contributed by atoms with Gasteiger partial charge in [0.15, 0.2) is 16.5 Å². The Labute approximate surface area is 113 Å². The number of Topliss-reactive ketones (excluding diaryl/α,β-unsaturated/α-hetero) is 2. The van der Waals surface area contributed by atoms with Gasteiger partial charge in [-0.1, -0.05) is 46.2 Å². The zero-order valence-electron chi connectivity index (χ0n) is 12.9. The van der Waals surface area contributed by atoms with Crippen molar-refractivity contribution in [1.29, 1.82) is 0 Å². The molecule has 0 unspecified atom stereocenters. The molecule has 0 spiro atoms. The summed E-state index contributed by atoms with van der Waals surface area (Å²) in [5.74, 6) is -0.804. The highest BCUT2D eigenvalue weighted by Gasteiger charge is 2.34. The predicted molar refractivity (Wildman–Crippen MR) is 81.9 cm³/mol. The van der Waals surface area contributed by atoms with Crippen molar-refractivity contribution in [3.8, 4) is 0 Å². The number of hydrazone groups is 1. The molecule has 0 saturated carbocycles. The van der Waals surface area contributed by atoms with Gasteiger partial charge in [-0.2, -0.15) is 5.10 Å². The number of hydrogen-bond donors (Lipinski definition) is 0. The molecule has 0 amide bonds. The highest BCUT2D eigenvalue weighted by atomic mass is 28.4. The minimum absolute atomic E-state index is 0.242. The van der Waals surface area contributed by atoms with Crippen LogP contribution in [0.4, 0.5) is 0 Å². The summed E-state index contributed by atoms with van der Waals surface area (Å²) in [4.78, 5) is 23.2. The van der Waals surface area contributed by atoms with Gasteiger partial charge in [0.25, 0.3) is 0 Å². The molecular weight excluding hydrogens is 260 g/mol. The number of rotatable bonds is 6. The molecular formula is C12H26N2O2Si2. The van der Waals surface area contributed by atoms with E-state index >= 15 is 0 Å². The zero-order chi connectivity index (χ0) is 14.7. The molecule has 0 aromatic carbocycles. The van der Waals surface area contributed by atoms with E-state index in [1.54, 1.807) is 13.8 Å². The third-order valence-corrected chi connectivity index (χ3v) is 9.19. The standard InChI is InChI=1S/C12H26N2O2Si2/c1-9-11(15)12(16)10(2)13-14(17(3,4)5)18(6,7)8/h9H2,1-8H3/b13-10+. The SMILES string of the molecule is CCC(=O)C(=O)/C(C)=N/N([Si](C)(C)C)[Si](C)(C)C. The van der Waals surface area contributed by atoms with E-state index in [0.29, 0.717) is 5.71 Å². The second kappa shape index (κ2) is 5.92. The molecule has 6 heteroatoms. The van der Waals surface area contributed by atoms with E-state index in [4.69, 9.17) is 0 Å². The van der Waals surface area contributed by atoms with Crippen LogP contribution in [0.1, 0.15) is 20.3 Å². The average Bonchev–Trinajstić information content (AvgIpc) is 2.19. The molecule has 0 saturated heterocycles. The van der Waals surface area contributed by atoms with Crippen LogP contribution in [0.3, 0.4) is 0 Å². The van der Waals surface area contributed by atoms with Crippen LogP contribution in [-0.2, 0) is 9.59 Å². The van der Waals surface area contributed by atoms with Gasteiger partial charge in [0, 0.05) is 6.42 Å². The lowest BCUT2D eigenvalue weighted by molar-refractivity contribution is -0.132. The molecule has 0 rings (SSSR count). The topological polar surface area (TPSA) is 49.7 Å². The first kappa shape index (κ1) is 17.2. The minimum atomic E-state index is -1.63. The Balaban J connectivity index is 5.33. The minimum Gasteiger partial charge on any atom is -0.349 e. The van der Waals surface area contributed by atoms with Gasteiger partial charge in [-0.05, 0) is 6.92 Å². The van der Waals surface area contributed by atoms with Gasteiger partial charge in [-0.15, -0.1) is 0 Å². The van der Waals surface area contributed by atoms with Crippen LogP contribution in [0.2, 0.25) is 39.3 Å². The molecule has 104 valence electrons. The van der Waals surface area contributed by atoms with Crippen molar-refractivity contribution in [1.82, 2.24) is 4.34 Å². The molecule has 0 aliphatic heterocycles. The molecule has 0 aliphatic carbocycles. The van der Waals surface area contributed by atoms with Crippen molar-refractivity contribution >= 4 is 33.7 Å². The molecule has 0 fully saturated rings. The summed E-state index contributed by atoms with van der Waals surface area (Å²) in [5, 5.41) is 4.49. The van der Waals surface area contributed by atoms with Gasteiger partial charge >= 0.3 is 0 Å². The van der Waals surface area contributed by atoms with Crippen molar-refractivity contribution in [2.75, 3.05) is 0 Å². The molecule has 0 radical (unpaired) electrons. The largest absolute Gasteiger partial charge is 0.349 e. The van der Waals surface area contributed by atoms with Crippen molar-refractivity contribution in [2.45, 2.75) is 59.6 Å². The summed E-state index contributed by atoms with van der Waals surface area (Å²) in [6.45, 7) is 16.6. The number of ketones is 2. The van der Waals surface area contributed by atoms with Gasteiger partial charge in [0.05, 0.1) is 0 Å². The fourth-order valence-corrected chi connectivity index (χ4v) is 10.8. The first-order valence-electron chi connectivity index (χ1n) is 6.34. The number of carbonyl (C=O) groups excluding carboxylic acids is 2. The quantitative estimate of drug-likeness (QED) is 0.326. The monoisotopic (exact) mass is 286 g/mol. The number of carbonyl (C=O) groups is 2. The van der Waals surface area contributed by atoms with Gasteiger partial charge in [0.1, 0.15) is 5.71 Å². The van der Waals surface area contributed by atoms with E-state index in [9.17, 15) is 9.59 Å². The summed E-state index contributed by atoms with van der Waals surface area (Å²) in [6, 6.07) is 0. The summed E-state index contributed by atoms with van der Waals surface area (Å²) >= 11 is 0. The van der Waals surface area contributed by atoms with Crippen molar-refractivity contribution in [2.24, 2.45) is 5.10 Å². The lowest BCUT2D eigenvalue weighted by Crippen LogP contribution is -2.56. The third-order valence-electron chi connectivity index (χ3n) is 2.42. The molecule has 0 aliphatic rings. The summed E-state index contributed by atoms with van der Waals surface area (Å²) in [5.41, 5.74) is 0.326. The maximum absolute atomic E-state index is 11.8. The lowest BCUT2D eigenvalue weighted by Gasteiger charge is -2.41. The maximum Gasteiger partial charge on any atom is 0.244 e. The van der Waals surface area contributed by atoms with Gasteiger partial charge < -0.3 is 4.34 Å². The van der Waals surface area contributed by atoms with E-state index in [2.05, 4.69) is 48.7 Å². The fraction of sp³-hybridized carbons (Fsp3) is 0.750. The molecule has 0 aromatic heterocycles. The Bertz CT molecular complexity index is 351. The lowest BCUT2D eigenvalue weighted by atomic mass is 10.1. The first-order chi connectivity index (χ1) is 7.91. The third kappa shape index (κ3) is 4.85. The van der Waals surface area contributed by atoms with E-state index in [1.807, 2.05) is 0 Å². The van der Waals surface area contributed by atoms with Crippen molar-refractivity contribution in [3.63, 3.8) is 0 Å². The molecule has 4 nitrogen and oxygen atoms in total. The molecule has 0 aromatic rings. The highest BCUT2D eigenvalue weighted by Crippen LogP contribution is 2.20. The Morgan fingerprint density at radius 2 is 1.39 bits per heavy atom. The molecule has 0 atom stereocenters. The summed E-state index contributed by atoms with van der Waals surface area (Å²) in [7, 11) is -3.26. The summed E-state index contributed by atoms with van der Waals surface area (Å²) in [6.07, 6.45) is 0.242. The number of nitrogens with zero attached hydrogens (tertiary/aromatic N) is 2. The smallest absolute Gasteiger partial charge is 0.244 e. The van der Waals surface area contributed by atoms with E-state index < -0.39 is 22.3 Å².